The van der Waals surface area contributed by atoms with Crippen molar-refractivity contribution in [3.63, 3.8) is 0 Å². The number of hydrogen-bond acceptors (Lipinski definition) is 0. The van der Waals surface area contributed by atoms with Crippen LogP contribution in [-0.2, 0) is 10.8 Å². The third-order valence-electron chi connectivity index (χ3n) is 5.25. The fourth-order valence-electron chi connectivity index (χ4n) is 3.94. The van der Waals surface area contributed by atoms with Gasteiger partial charge in [0.25, 0.3) is 0 Å². The van der Waals surface area contributed by atoms with Gasteiger partial charge < -0.3 is 0 Å². The summed E-state index contributed by atoms with van der Waals surface area (Å²) in [6.07, 6.45) is 0. The minimum Gasteiger partial charge on any atom is -0.0620 e. The summed E-state index contributed by atoms with van der Waals surface area (Å²) < 4.78 is 0. The molecule has 0 N–H and O–H groups in total. The number of benzene rings is 3. The molecule has 0 aliphatic rings. The molecule has 3 aromatic carbocycles. The molecule has 0 aliphatic carbocycles. The van der Waals surface area contributed by atoms with Gasteiger partial charge in [0.1, 0.15) is 0 Å². The van der Waals surface area contributed by atoms with Crippen LogP contribution in [-0.4, -0.2) is 0 Å². The van der Waals surface area contributed by atoms with Crippen molar-refractivity contribution < 1.29 is 0 Å². The van der Waals surface area contributed by atoms with Crippen LogP contribution >= 0.6 is 8.58 Å². The van der Waals surface area contributed by atoms with Gasteiger partial charge in [-0.1, -0.05) is 117 Å². The smallest absolute Gasteiger partial charge is 0.0104 e. The zero-order valence-electron chi connectivity index (χ0n) is 18.4. The Morgan fingerprint density at radius 2 is 1.14 bits per heavy atom. The van der Waals surface area contributed by atoms with Crippen molar-refractivity contribution in [1.29, 1.82) is 0 Å². The SMILES string of the molecule is Cc1ccccc1-c1ccccc1Pc1cccc(C(C)(C)C)c1C(C)(C)C. The Hall–Kier alpha value is -1.91. The number of rotatable bonds is 3. The Bertz CT molecular complexity index is 968. The first-order chi connectivity index (χ1) is 13.1. The first-order valence-electron chi connectivity index (χ1n) is 10.1. The molecule has 0 radical (unpaired) electrons. The van der Waals surface area contributed by atoms with Gasteiger partial charge in [0.05, 0.1) is 0 Å². The fourth-order valence-corrected chi connectivity index (χ4v) is 5.57. The van der Waals surface area contributed by atoms with Gasteiger partial charge >= 0.3 is 0 Å². The molecule has 0 spiro atoms. The molecular formula is C27H33P. The average Bonchev–Trinajstić information content (AvgIpc) is 2.61. The summed E-state index contributed by atoms with van der Waals surface area (Å²) in [7, 11) is 0.645. The first kappa shape index (κ1) is 20.8. The highest BCUT2D eigenvalue weighted by atomic mass is 31.1. The molecule has 0 saturated carbocycles. The van der Waals surface area contributed by atoms with E-state index in [2.05, 4.69) is 115 Å². The van der Waals surface area contributed by atoms with E-state index in [-0.39, 0.29) is 10.8 Å². The van der Waals surface area contributed by atoms with Crippen molar-refractivity contribution in [3.05, 3.63) is 83.4 Å². The van der Waals surface area contributed by atoms with Gasteiger partial charge in [-0.25, -0.2) is 0 Å². The minimum absolute atomic E-state index is 0.115. The molecule has 0 amide bonds. The molecule has 0 aromatic heterocycles. The van der Waals surface area contributed by atoms with E-state index >= 15 is 0 Å². The van der Waals surface area contributed by atoms with E-state index in [0.717, 1.165) is 0 Å². The Morgan fingerprint density at radius 3 is 1.75 bits per heavy atom. The molecule has 0 heterocycles. The van der Waals surface area contributed by atoms with E-state index in [1.165, 1.54) is 38.4 Å². The average molecular weight is 389 g/mol. The van der Waals surface area contributed by atoms with Crippen LogP contribution in [0.1, 0.15) is 58.2 Å². The van der Waals surface area contributed by atoms with Crippen molar-refractivity contribution in [3.8, 4) is 11.1 Å². The van der Waals surface area contributed by atoms with Gasteiger partial charge in [0.2, 0.25) is 0 Å². The van der Waals surface area contributed by atoms with Gasteiger partial charge in [-0.15, -0.1) is 0 Å². The maximum absolute atomic E-state index is 2.35. The summed E-state index contributed by atoms with van der Waals surface area (Å²) in [5, 5.41) is 2.90. The van der Waals surface area contributed by atoms with Gasteiger partial charge in [0.15, 0.2) is 0 Å². The molecule has 28 heavy (non-hydrogen) atoms. The van der Waals surface area contributed by atoms with Crippen molar-refractivity contribution in [2.45, 2.75) is 59.3 Å². The third-order valence-corrected chi connectivity index (χ3v) is 6.65. The zero-order chi connectivity index (χ0) is 20.5. The van der Waals surface area contributed by atoms with Crippen LogP contribution in [0.15, 0.2) is 66.7 Å². The molecule has 1 unspecified atom stereocenters. The normalized spacial score (nSPS) is 12.7. The predicted molar refractivity (Wildman–Crippen MR) is 128 cm³/mol. The lowest BCUT2D eigenvalue weighted by Crippen LogP contribution is -2.28. The Balaban J connectivity index is 2.16. The van der Waals surface area contributed by atoms with E-state index in [4.69, 9.17) is 0 Å². The van der Waals surface area contributed by atoms with Crippen LogP contribution in [0.25, 0.3) is 11.1 Å². The van der Waals surface area contributed by atoms with Crippen molar-refractivity contribution in [2.75, 3.05) is 0 Å². The second-order valence-electron chi connectivity index (χ2n) is 9.71. The molecule has 0 nitrogen and oxygen atoms in total. The van der Waals surface area contributed by atoms with Crippen molar-refractivity contribution in [2.24, 2.45) is 0 Å². The summed E-state index contributed by atoms with van der Waals surface area (Å²) in [6.45, 7) is 16.2. The summed E-state index contributed by atoms with van der Waals surface area (Å²) in [5.74, 6) is 0. The van der Waals surface area contributed by atoms with E-state index in [1.807, 2.05) is 0 Å². The molecule has 1 atom stereocenters. The molecule has 0 bridgehead atoms. The second kappa shape index (κ2) is 7.84. The lowest BCUT2D eigenvalue weighted by Gasteiger charge is -2.32. The molecular weight excluding hydrogens is 355 g/mol. The highest BCUT2D eigenvalue weighted by molar-refractivity contribution is 7.56. The first-order valence-corrected chi connectivity index (χ1v) is 11.1. The molecule has 146 valence electrons. The molecule has 0 aliphatic heterocycles. The third kappa shape index (κ3) is 4.39. The van der Waals surface area contributed by atoms with Crippen LogP contribution in [0, 0.1) is 6.92 Å². The second-order valence-corrected chi connectivity index (χ2v) is 11.0. The Labute approximate surface area is 173 Å². The lowest BCUT2D eigenvalue weighted by molar-refractivity contribution is 0.533. The maximum Gasteiger partial charge on any atom is -0.0104 e. The van der Waals surface area contributed by atoms with Gasteiger partial charge in [-0.05, 0) is 56.2 Å². The number of hydrogen-bond donors (Lipinski definition) is 0. The van der Waals surface area contributed by atoms with Crippen LogP contribution in [0.2, 0.25) is 0 Å². The minimum atomic E-state index is 0.115. The molecule has 0 saturated heterocycles. The monoisotopic (exact) mass is 388 g/mol. The fraction of sp³-hybridized carbons (Fsp3) is 0.333. The quantitative estimate of drug-likeness (QED) is 0.429. The summed E-state index contributed by atoms with van der Waals surface area (Å²) in [4.78, 5) is 0. The largest absolute Gasteiger partial charge is 0.0620 e. The molecule has 0 fully saturated rings. The van der Waals surface area contributed by atoms with E-state index in [9.17, 15) is 0 Å². The summed E-state index contributed by atoms with van der Waals surface area (Å²) in [6, 6.07) is 24.5. The Kier molecular flexibility index (Phi) is 5.83. The standard InChI is InChI=1S/C27H33P/c1-19-13-8-9-14-20(19)21-15-10-11-17-23(21)28-24-18-12-16-22(26(2,3)4)25(24)27(5,6)7/h8-18,28H,1-7H3. The summed E-state index contributed by atoms with van der Waals surface area (Å²) in [5.41, 5.74) is 7.27. The Morgan fingerprint density at radius 1 is 0.571 bits per heavy atom. The van der Waals surface area contributed by atoms with Crippen LogP contribution in [0.4, 0.5) is 0 Å². The van der Waals surface area contributed by atoms with E-state index in [1.54, 1.807) is 0 Å². The van der Waals surface area contributed by atoms with E-state index < -0.39 is 0 Å². The molecule has 1 heteroatoms. The predicted octanol–water partition coefficient (Wildman–Crippen LogP) is 6.89. The molecule has 3 aromatic rings. The van der Waals surface area contributed by atoms with Crippen molar-refractivity contribution in [1.82, 2.24) is 0 Å². The highest BCUT2D eigenvalue weighted by Gasteiger charge is 2.27. The molecule has 3 rings (SSSR count). The number of aryl methyl sites for hydroxylation is 1. The zero-order valence-corrected chi connectivity index (χ0v) is 19.4. The summed E-state index contributed by atoms with van der Waals surface area (Å²) >= 11 is 0. The van der Waals surface area contributed by atoms with Crippen molar-refractivity contribution >= 4 is 19.2 Å². The lowest BCUT2D eigenvalue weighted by atomic mass is 9.75. The maximum atomic E-state index is 2.35. The highest BCUT2D eigenvalue weighted by Crippen LogP contribution is 2.36. The van der Waals surface area contributed by atoms with Gasteiger partial charge in [-0.3, -0.25) is 0 Å². The van der Waals surface area contributed by atoms with Gasteiger partial charge in [-0.2, -0.15) is 0 Å². The van der Waals surface area contributed by atoms with Crippen LogP contribution in [0.3, 0.4) is 0 Å². The van der Waals surface area contributed by atoms with E-state index in [0.29, 0.717) is 8.58 Å². The topological polar surface area (TPSA) is 0 Å². The van der Waals surface area contributed by atoms with Crippen LogP contribution < -0.4 is 10.6 Å². The van der Waals surface area contributed by atoms with Gasteiger partial charge in [0, 0.05) is 0 Å². The van der Waals surface area contributed by atoms with Crippen LogP contribution in [0.5, 0.6) is 0 Å².